The number of rotatable bonds is 5. The highest BCUT2D eigenvalue weighted by atomic mass is 35.5. The third-order valence-electron chi connectivity index (χ3n) is 3.89. The van der Waals surface area contributed by atoms with Gasteiger partial charge < -0.3 is 10.4 Å². The molecule has 0 aliphatic carbocycles. The largest absolute Gasteiger partial charge is 0.502 e. The highest BCUT2D eigenvalue weighted by molar-refractivity contribution is 7.81. The Hall–Kier alpha value is -3.29. The Morgan fingerprint density at radius 1 is 1.04 bits per heavy atom. The summed E-state index contributed by atoms with van der Waals surface area (Å²) in [5, 5.41) is 25.3. The maximum absolute atomic E-state index is 10.9. The van der Waals surface area contributed by atoms with Crippen LogP contribution in [0.1, 0.15) is 5.56 Å². The summed E-state index contributed by atoms with van der Waals surface area (Å²) in [6.07, 6.45) is 3.47. The van der Waals surface area contributed by atoms with E-state index >= 15 is 0 Å². The number of halogens is 1. The summed E-state index contributed by atoms with van der Waals surface area (Å²) in [7, 11) is 0. The number of aromatic nitrogens is 1. The third kappa shape index (κ3) is 4.33. The highest BCUT2D eigenvalue weighted by Crippen LogP contribution is 2.24. The summed E-state index contributed by atoms with van der Waals surface area (Å²) in [4.78, 5) is 10.6. The molecule has 0 bridgehead atoms. The molecule has 0 radical (unpaired) electrons. The molecule has 1 aromatic heterocycles. The van der Waals surface area contributed by atoms with E-state index in [1.165, 1.54) is 24.3 Å². The van der Waals surface area contributed by atoms with Crippen LogP contribution in [-0.4, -0.2) is 15.0 Å². The standard InChI is InChI=1S/C20H14ClN3O3S/c21-16-6-2-3-7-17(16)22-20(28)18(23-12-4-1-5-13-23)19(25)14-8-10-15(11-9-14)24(26)27/h1-13H,(H-,22,25,28)/p+1. The first-order valence-corrected chi connectivity index (χ1v) is 8.96. The number of non-ortho nitro benzene ring substituents is 1. The van der Waals surface area contributed by atoms with E-state index in [-0.39, 0.29) is 16.4 Å². The third-order valence-corrected chi connectivity index (χ3v) is 4.51. The molecule has 0 spiro atoms. The minimum absolute atomic E-state index is 0.0674. The van der Waals surface area contributed by atoms with Crippen LogP contribution in [0, 0.1) is 10.1 Å². The molecule has 8 heteroatoms. The van der Waals surface area contributed by atoms with Crippen LogP contribution >= 0.6 is 23.8 Å². The van der Waals surface area contributed by atoms with Crippen molar-refractivity contribution in [2.75, 3.05) is 5.32 Å². The molecule has 0 aliphatic heterocycles. The number of thiocarbonyl (C=S) groups is 1. The molecule has 0 amide bonds. The van der Waals surface area contributed by atoms with Crippen molar-refractivity contribution in [2.45, 2.75) is 0 Å². The Kier molecular flexibility index (Phi) is 5.98. The molecular weight excluding hydrogens is 398 g/mol. The Labute approximate surface area is 171 Å². The SMILES string of the molecule is O=[N+]([O-])c1ccc(/C(O)=C(/C(=S)Nc2ccccc2Cl)[n+]2ccccc2)cc1. The summed E-state index contributed by atoms with van der Waals surface area (Å²) < 4.78 is 1.66. The van der Waals surface area contributed by atoms with Gasteiger partial charge in [-0.05, 0) is 24.3 Å². The lowest BCUT2D eigenvalue weighted by molar-refractivity contribution is -0.575. The van der Waals surface area contributed by atoms with Crippen LogP contribution in [0.25, 0.3) is 11.5 Å². The maximum Gasteiger partial charge on any atom is 0.288 e. The first-order valence-electron chi connectivity index (χ1n) is 8.18. The number of para-hydroxylation sites is 1. The van der Waals surface area contributed by atoms with Gasteiger partial charge in [0, 0.05) is 29.8 Å². The lowest BCUT2D eigenvalue weighted by Crippen LogP contribution is -2.38. The second kappa shape index (κ2) is 8.60. The first-order chi connectivity index (χ1) is 13.5. The Balaban J connectivity index is 2.06. The first kappa shape index (κ1) is 19.5. The van der Waals surface area contributed by atoms with E-state index in [4.69, 9.17) is 23.8 Å². The molecule has 0 aliphatic rings. The number of nitrogens with one attached hydrogen (secondary N) is 1. The second-order valence-electron chi connectivity index (χ2n) is 5.72. The summed E-state index contributed by atoms with van der Waals surface area (Å²) in [6, 6.07) is 18.1. The zero-order valence-electron chi connectivity index (χ0n) is 14.4. The number of pyridine rings is 1. The van der Waals surface area contributed by atoms with Crippen LogP contribution < -0.4 is 9.88 Å². The van der Waals surface area contributed by atoms with Gasteiger partial charge in [0.25, 0.3) is 11.4 Å². The summed E-state index contributed by atoms with van der Waals surface area (Å²) in [6.45, 7) is 0. The molecule has 0 fully saturated rings. The quantitative estimate of drug-likeness (QED) is 0.156. The number of nitro groups is 1. The van der Waals surface area contributed by atoms with Crippen LogP contribution in [0.2, 0.25) is 5.02 Å². The maximum atomic E-state index is 10.9. The van der Waals surface area contributed by atoms with E-state index in [9.17, 15) is 15.2 Å². The molecule has 3 aromatic rings. The monoisotopic (exact) mass is 412 g/mol. The van der Waals surface area contributed by atoms with Crippen LogP contribution in [0.3, 0.4) is 0 Å². The Bertz CT molecular complexity index is 1050. The van der Waals surface area contributed by atoms with Crippen molar-refractivity contribution in [3.05, 3.63) is 99.8 Å². The van der Waals surface area contributed by atoms with Gasteiger partial charge in [0.15, 0.2) is 23.1 Å². The molecule has 0 unspecified atom stereocenters. The molecule has 0 saturated carbocycles. The molecule has 0 atom stereocenters. The molecule has 1 heterocycles. The van der Waals surface area contributed by atoms with Crippen molar-refractivity contribution in [2.24, 2.45) is 0 Å². The van der Waals surface area contributed by atoms with E-state index in [1.807, 2.05) is 12.1 Å². The van der Waals surface area contributed by atoms with Gasteiger partial charge in [-0.3, -0.25) is 10.1 Å². The number of nitro benzene ring substituents is 1. The van der Waals surface area contributed by atoms with Gasteiger partial charge in [-0.25, -0.2) is 0 Å². The van der Waals surface area contributed by atoms with Crippen LogP contribution in [0.15, 0.2) is 79.1 Å². The van der Waals surface area contributed by atoms with Gasteiger partial charge in [-0.2, -0.15) is 4.57 Å². The van der Waals surface area contributed by atoms with Crippen molar-refractivity contribution >= 4 is 51.6 Å². The number of aliphatic hydroxyl groups is 1. The van der Waals surface area contributed by atoms with Crippen LogP contribution in [0.4, 0.5) is 11.4 Å². The minimum Gasteiger partial charge on any atom is -0.502 e. The fourth-order valence-corrected chi connectivity index (χ4v) is 3.01. The van der Waals surface area contributed by atoms with Crippen molar-refractivity contribution < 1.29 is 14.6 Å². The number of benzene rings is 2. The van der Waals surface area contributed by atoms with Crippen molar-refractivity contribution in [1.29, 1.82) is 0 Å². The second-order valence-corrected chi connectivity index (χ2v) is 6.53. The number of hydrogen-bond donors (Lipinski definition) is 2. The summed E-state index contributed by atoms with van der Waals surface area (Å²) in [5.74, 6) is -0.129. The van der Waals surface area contributed by atoms with Crippen molar-refractivity contribution in [3.8, 4) is 0 Å². The fraction of sp³-hybridized carbons (Fsp3) is 0. The zero-order valence-corrected chi connectivity index (χ0v) is 16.0. The normalized spacial score (nSPS) is 11.5. The summed E-state index contributed by atoms with van der Waals surface area (Å²) in [5.41, 5.74) is 1.23. The molecule has 0 saturated heterocycles. The number of aliphatic hydroxyl groups excluding tert-OH is 1. The number of anilines is 1. The predicted molar refractivity (Wildman–Crippen MR) is 113 cm³/mol. The van der Waals surface area contributed by atoms with Crippen molar-refractivity contribution in [3.63, 3.8) is 0 Å². The molecular formula is C20H15ClN3O3S+. The molecule has 6 nitrogen and oxygen atoms in total. The van der Waals surface area contributed by atoms with E-state index in [2.05, 4.69) is 5.32 Å². The van der Waals surface area contributed by atoms with Gasteiger partial charge in [0.05, 0.1) is 15.6 Å². The van der Waals surface area contributed by atoms with Gasteiger partial charge in [-0.1, -0.05) is 42.0 Å². The lowest BCUT2D eigenvalue weighted by atomic mass is 10.1. The average molecular weight is 413 g/mol. The van der Waals surface area contributed by atoms with Crippen LogP contribution in [0.5, 0.6) is 0 Å². The van der Waals surface area contributed by atoms with Gasteiger partial charge in [0.1, 0.15) is 0 Å². The Morgan fingerprint density at radius 3 is 2.29 bits per heavy atom. The van der Waals surface area contributed by atoms with Gasteiger partial charge in [-0.15, -0.1) is 0 Å². The molecule has 2 aromatic carbocycles. The fourth-order valence-electron chi connectivity index (χ4n) is 2.52. The Morgan fingerprint density at radius 2 is 1.68 bits per heavy atom. The van der Waals surface area contributed by atoms with Gasteiger partial charge in [0.2, 0.25) is 0 Å². The minimum atomic E-state index is -0.499. The van der Waals surface area contributed by atoms with Crippen molar-refractivity contribution in [1.82, 2.24) is 0 Å². The van der Waals surface area contributed by atoms with Crippen LogP contribution in [-0.2, 0) is 0 Å². The van der Waals surface area contributed by atoms with E-state index in [0.29, 0.717) is 22.0 Å². The van der Waals surface area contributed by atoms with E-state index in [1.54, 1.807) is 47.3 Å². The molecule has 3 rings (SSSR count). The number of hydrogen-bond acceptors (Lipinski definition) is 4. The summed E-state index contributed by atoms with van der Waals surface area (Å²) >= 11 is 11.7. The molecule has 2 N–H and O–H groups in total. The average Bonchev–Trinajstić information content (AvgIpc) is 2.70. The molecule has 28 heavy (non-hydrogen) atoms. The predicted octanol–water partition coefficient (Wildman–Crippen LogP) is 4.86. The smallest absolute Gasteiger partial charge is 0.288 e. The number of nitrogens with zero attached hydrogens (tertiary/aromatic N) is 2. The van der Waals surface area contributed by atoms with Gasteiger partial charge >= 0.3 is 0 Å². The topological polar surface area (TPSA) is 79.3 Å². The lowest BCUT2D eigenvalue weighted by Gasteiger charge is -2.11. The highest BCUT2D eigenvalue weighted by Gasteiger charge is 2.24. The zero-order chi connectivity index (χ0) is 20.1. The van der Waals surface area contributed by atoms with E-state index < -0.39 is 4.92 Å². The molecule has 140 valence electrons. The van der Waals surface area contributed by atoms with E-state index in [0.717, 1.165) is 0 Å².